The molecule has 0 saturated heterocycles. The van der Waals surface area contributed by atoms with Gasteiger partial charge in [-0.15, -0.1) is 5.10 Å². The van der Waals surface area contributed by atoms with Gasteiger partial charge in [0.2, 0.25) is 0 Å². The Hall–Kier alpha value is -2.76. The van der Waals surface area contributed by atoms with Gasteiger partial charge in [0.15, 0.2) is 11.5 Å². The van der Waals surface area contributed by atoms with Crippen molar-refractivity contribution in [3.8, 4) is 11.4 Å². The van der Waals surface area contributed by atoms with Crippen LogP contribution >= 0.6 is 0 Å². The van der Waals surface area contributed by atoms with Crippen molar-refractivity contribution in [2.24, 2.45) is 0 Å². The number of pyridine rings is 2. The number of carbonyl (C=O) groups is 1. The van der Waals surface area contributed by atoms with Gasteiger partial charge < -0.3 is 4.74 Å². The Morgan fingerprint density at radius 3 is 2.85 bits per heavy atom. The van der Waals surface area contributed by atoms with E-state index in [9.17, 15) is 4.79 Å². The normalized spacial score (nSPS) is 10.7. The Labute approximate surface area is 115 Å². The van der Waals surface area contributed by atoms with Crippen LogP contribution < -0.4 is 0 Å². The van der Waals surface area contributed by atoms with Crippen LogP contribution in [0.5, 0.6) is 0 Å². The van der Waals surface area contributed by atoms with Crippen LogP contribution in [0.3, 0.4) is 0 Å². The van der Waals surface area contributed by atoms with Crippen molar-refractivity contribution < 1.29 is 9.53 Å². The van der Waals surface area contributed by atoms with Crippen LogP contribution in [0.1, 0.15) is 16.1 Å². The fraction of sp³-hybridized carbons (Fsp3) is 0.143. The highest BCUT2D eigenvalue weighted by atomic mass is 16.5. The van der Waals surface area contributed by atoms with Gasteiger partial charge in [0.25, 0.3) is 0 Å². The molecule has 0 atom stereocenters. The van der Waals surface area contributed by atoms with Crippen LogP contribution in [-0.2, 0) is 4.74 Å². The van der Waals surface area contributed by atoms with E-state index >= 15 is 0 Å². The molecule has 0 fully saturated rings. The number of ether oxygens (including phenoxy) is 1. The van der Waals surface area contributed by atoms with Crippen molar-refractivity contribution in [1.29, 1.82) is 0 Å². The molecule has 3 aromatic rings. The smallest absolute Gasteiger partial charge is 0.341 e. The fourth-order valence-electron chi connectivity index (χ4n) is 1.97. The van der Waals surface area contributed by atoms with Crippen molar-refractivity contribution in [1.82, 2.24) is 19.6 Å². The van der Waals surface area contributed by atoms with Gasteiger partial charge in [0.1, 0.15) is 5.56 Å². The van der Waals surface area contributed by atoms with Crippen LogP contribution in [-0.4, -0.2) is 32.7 Å². The predicted molar refractivity (Wildman–Crippen MR) is 72.3 cm³/mol. The zero-order valence-electron chi connectivity index (χ0n) is 11.1. The number of rotatable bonds is 2. The van der Waals surface area contributed by atoms with E-state index in [1.165, 1.54) is 7.11 Å². The Balaban J connectivity index is 2.24. The molecule has 0 aliphatic rings. The topological polar surface area (TPSA) is 69.4 Å². The lowest BCUT2D eigenvalue weighted by Crippen LogP contribution is -2.06. The summed E-state index contributed by atoms with van der Waals surface area (Å²) in [4.78, 5) is 20.2. The fourth-order valence-corrected chi connectivity index (χ4v) is 1.97. The van der Waals surface area contributed by atoms with Crippen LogP contribution in [0.25, 0.3) is 17.0 Å². The quantitative estimate of drug-likeness (QED) is 0.664. The Bertz CT molecular complexity index is 780. The molecule has 0 spiro atoms. The van der Waals surface area contributed by atoms with E-state index in [0.717, 1.165) is 11.3 Å². The van der Waals surface area contributed by atoms with Gasteiger partial charge in [-0.25, -0.2) is 14.3 Å². The second-order valence-electron chi connectivity index (χ2n) is 4.29. The first-order valence-electron chi connectivity index (χ1n) is 6.06. The lowest BCUT2D eigenvalue weighted by Gasteiger charge is -2.02. The molecule has 0 N–H and O–H groups in total. The van der Waals surface area contributed by atoms with E-state index < -0.39 is 5.97 Å². The number of fused-ring (bicyclic) bond motifs is 1. The van der Waals surface area contributed by atoms with Gasteiger partial charge in [0, 0.05) is 23.7 Å². The van der Waals surface area contributed by atoms with Gasteiger partial charge in [-0.2, -0.15) is 0 Å². The summed E-state index contributed by atoms with van der Waals surface area (Å²) in [5, 5.41) is 4.42. The molecule has 0 bridgehead atoms. The van der Waals surface area contributed by atoms with Crippen molar-refractivity contribution in [3.05, 3.63) is 47.9 Å². The number of nitrogens with zero attached hydrogens (tertiary/aromatic N) is 4. The van der Waals surface area contributed by atoms with Gasteiger partial charge >= 0.3 is 5.97 Å². The molecule has 6 nitrogen and oxygen atoms in total. The first kappa shape index (κ1) is 12.3. The summed E-state index contributed by atoms with van der Waals surface area (Å²) in [5.74, 6) is 0.0951. The number of hydrogen-bond donors (Lipinski definition) is 0. The average Bonchev–Trinajstić information content (AvgIpc) is 2.94. The summed E-state index contributed by atoms with van der Waals surface area (Å²) in [7, 11) is 1.34. The molecule has 100 valence electrons. The minimum Gasteiger partial charge on any atom is -0.465 e. The van der Waals surface area contributed by atoms with Crippen molar-refractivity contribution in [2.45, 2.75) is 6.92 Å². The van der Waals surface area contributed by atoms with Gasteiger partial charge in [0.05, 0.1) is 7.11 Å². The number of esters is 1. The molecule has 3 heterocycles. The Morgan fingerprint density at radius 1 is 1.30 bits per heavy atom. The van der Waals surface area contributed by atoms with Gasteiger partial charge in [-0.05, 0) is 31.2 Å². The highest BCUT2D eigenvalue weighted by Gasteiger charge is 2.16. The summed E-state index contributed by atoms with van der Waals surface area (Å²) in [6.07, 6.45) is 3.37. The van der Waals surface area contributed by atoms with Crippen molar-refractivity contribution in [3.63, 3.8) is 0 Å². The minimum absolute atomic E-state index is 0.390. The molecule has 0 aromatic carbocycles. The second-order valence-corrected chi connectivity index (χ2v) is 4.29. The number of carbonyl (C=O) groups excluding carboxylic acids is 1. The van der Waals surface area contributed by atoms with E-state index in [2.05, 4.69) is 15.1 Å². The molecular weight excluding hydrogens is 256 g/mol. The highest BCUT2D eigenvalue weighted by molar-refractivity contribution is 5.96. The van der Waals surface area contributed by atoms with E-state index in [1.807, 2.05) is 19.1 Å². The summed E-state index contributed by atoms with van der Waals surface area (Å²) in [5.41, 5.74) is 2.55. The molecule has 0 unspecified atom stereocenters. The lowest BCUT2D eigenvalue weighted by molar-refractivity contribution is 0.0602. The third-order valence-corrected chi connectivity index (χ3v) is 3.00. The molecule has 0 aliphatic heterocycles. The zero-order valence-corrected chi connectivity index (χ0v) is 11.1. The lowest BCUT2D eigenvalue weighted by atomic mass is 10.2. The summed E-state index contributed by atoms with van der Waals surface area (Å²) >= 11 is 0. The summed E-state index contributed by atoms with van der Waals surface area (Å²) < 4.78 is 6.40. The molecule has 0 aliphatic carbocycles. The minimum atomic E-state index is -0.430. The maximum atomic E-state index is 11.8. The summed E-state index contributed by atoms with van der Waals surface area (Å²) in [6, 6.07) is 7.18. The third kappa shape index (κ3) is 1.91. The van der Waals surface area contributed by atoms with E-state index in [-0.39, 0.29) is 0 Å². The average molecular weight is 268 g/mol. The van der Waals surface area contributed by atoms with Crippen molar-refractivity contribution >= 4 is 11.6 Å². The maximum absolute atomic E-state index is 11.8. The first-order chi connectivity index (χ1) is 9.70. The van der Waals surface area contributed by atoms with Crippen LogP contribution in [0.2, 0.25) is 0 Å². The van der Waals surface area contributed by atoms with E-state index in [1.54, 1.807) is 29.0 Å². The maximum Gasteiger partial charge on any atom is 0.341 e. The second kappa shape index (κ2) is 4.73. The number of hydrogen-bond acceptors (Lipinski definition) is 5. The monoisotopic (exact) mass is 268 g/mol. The highest BCUT2D eigenvalue weighted by Crippen LogP contribution is 2.18. The van der Waals surface area contributed by atoms with Crippen LogP contribution in [0.4, 0.5) is 0 Å². The Morgan fingerprint density at radius 2 is 2.15 bits per heavy atom. The van der Waals surface area contributed by atoms with E-state index in [4.69, 9.17) is 4.74 Å². The molecule has 0 radical (unpaired) electrons. The molecule has 3 aromatic heterocycles. The largest absolute Gasteiger partial charge is 0.465 e. The van der Waals surface area contributed by atoms with Crippen molar-refractivity contribution in [2.75, 3.05) is 7.11 Å². The first-order valence-corrected chi connectivity index (χ1v) is 6.06. The number of aromatic nitrogens is 4. The molecular formula is C14H12N4O2. The summed E-state index contributed by atoms with van der Waals surface area (Å²) in [6.45, 7) is 1.90. The van der Waals surface area contributed by atoms with Crippen LogP contribution in [0.15, 0.2) is 36.7 Å². The number of aryl methyl sites for hydroxylation is 1. The SMILES string of the molecule is COC(=O)c1ccc(C)n2nc(-c3cccnc3)nc12. The molecule has 0 saturated carbocycles. The zero-order chi connectivity index (χ0) is 14.1. The third-order valence-electron chi connectivity index (χ3n) is 3.00. The number of methoxy groups -OCH3 is 1. The molecule has 3 rings (SSSR count). The van der Waals surface area contributed by atoms with Gasteiger partial charge in [-0.1, -0.05) is 0 Å². The molecule has 20 heavy (non-hydrogen) atoms. The van der Waals surface area contributed by atoms with Crippen LogP contribution in [0, 0.1) is 6.92 Å². The predicted octanol–water partition coefficient (Wildman–Crippen LogP) is 1.89. The van der Waals surface area contributed by atoms with E-state index in [0.29, 0.717) is 17.0 Å². The molecule has 0 amide bonds. The Kier molecular flexibility index (Phi) is 2.90. The molecule has 6 heteroatoms. The van der Waals surface area contributed by atoms with Gasteiger partial charge in [-0.3, -0.25) is 4.98 Å². The standard InChI is InChI=1S/C14H12N4O2/c1-9-5-6-11(14(19)20-2)13-16-12(17-18(9)13)10-4-3-7-15-8-10/h3-8H,1-2H3.